The summed E-state index contributed by atoms with van der Waals surface area (Å²) in [5, 5.41) is 11.8. The lowest BCUT2D eigenvalue weighted by atomic mass is 10.2. The van der Waals surface area contributed by atoms with Crippen molar-refractivity contribution in [3.63, 3.8) is 0 Å². The van der Waals surface area contributed by atoms with Crippen LogP contribution in [0.4, 0.5) is 10.9 Å². The van der Waals surface area contributed by atoms with Crippen molar-refractivity contribution in [3.05, 3.63) is 29.8 Å². The molecule has 3 heterocycles. The highest BCUT2D eigenvalue weighted by Crippen LogP contribution is 2.29. The number of amides is 2. The zero-order valence-corrected chi connectivity index (χ0v) is 16.8. The van der Waals surface area contributed by atoms with Crippen LogP contribution in [-0.4, -0.2) is 57.5 Å². The zero-order valence-electron chi connectivity index (χ0n) is 15.2. The molecule has 0 saturated carbocycles. The molecule has 1 aliphatic rings. The molecule has 0 aliphatic carbocycles. The number of hydrogen-bond acceptors (Lipinski definition) is 8. The molecule has 28 heavy (non-hydrogen) atoms. The molecule has 1 aliphatic heterocycles. The Hall–Kier alpha value is -2.59. The zero-order chi connectivity index (χ0) is 19.3. The lowest BCUT2D eigenvalue weighted by molar-refractivity contribution is -0.131. The first-order valence-corrected chi connectivity index (χ1v) is 10.8. The van der Waals surface area contributed by atoms with Crippen LogP contribution in [0.2, 0.25) is 0 Å². The summed E-state index contributed by atoms with van der Waals surface area (Å²) in [6.45, 7) is 2.91. The first-order chi connectivity index (χ1) is 13.7. The van der Waals surface area contributed by atoms with Gasteiger partial charge >= 0.3 is 0 Å². The van der Waals surface area contributed by atoms with Crippen molar-refractivity contribution >= 4 is 55.7 Å². The standard InChI is InChI=1S/C18H20N6O2S2/c25-15(20-18-21-19-12-27-18)6-3-7-16(26)23-8-10-24(11-9-23)17-13-4-1-2-5-14(13)28-22-17/h1-2,4-5,12H,3,6-11H2,(H,20,21,25). The average molecular weight is 417 g/mol. The first-order valence-electron chi connectivity index (χ1n) is 9.14. The van der Waals surface area contributed by atoms with Gasteiger partial charge in [-0.2, -0.15) is 4.37 Å². The topological polar surface area (TPSA) is 91.3 Å². The maximum atomic E-state index is 12.4. The fourth-order valence-electron chi connectivity index (χ4n) is 3.24. The van der Waals surface area contributed by atoms with Crippen LogP contribution in [0, 0.1) is 0 Å². The second-order valence-electron chi connectivity index (χ2n) is 6.52. The third kappa shape index (κ3) is 4.28. The fourth-order valence-corrected chi connectivity index (χ4v) is 4.49. The molecule has 0 bridgehead atoms. The van der Waals surface area contributed by atoms with Gasteiger partial charge in [-0.1, -0.05) is 23.5 Å². The number of piperazine rings is 1. The SMILES string of the molecule is O=C(CCCC(=O)N1CCN(c2nsc3ccccc23)CC1)Nc1nncs1. The molecule has 1 aromatic carbocycles. The van der Waals surface area contributed by atoms with E-state index in [0.29, 0.717) is 37.5 Å². The van der Waals surface area contributed by atoms with Crippen molar-refractivity contribution in [2.45, 2.75) is 19.3 Å². The Labute approximate surface area is 170 Å². The Balaban J connectivity index is 1.22. The van der Waals surface area contributed by atoms with Crippen LogP contribution in [0.25, 0.3) is 10.1 Å². The highest BCUT2D eigenvalue weighted by molar-refractivity contribution is 7.14. The average Bonchev–Trinajstić information content (AvgIpc) is 3.37. The maximum Gasteiger partial charge on any atom is 0.226 e. The van der Waals surface area contributed by atoms with E-state index in [0.717, 1.165) is 18.9 Å². The molecular weight excluding hydrogens is 396 g/mol. The summed E-state index contributed by atoms with van der Waals surface area (Å²) in [5.41, 5.74) is 1.56. The molecule has 1 N–H and O–H groups in total. The summed E-state index contributed by atoms with van der Waals surface area (Å²) in [5.74, 6) is 0.984. The van der Waals surface area contributed by atoms with Gasteiger partial charge in [0.2, 0.25) is 16.9 Å². The summed E-state index contributed by atoms with van der Waals surface area (Å²) in [7, 11) is 0. The van der Waals surface area contributed by atoms with Gasteiger partial charge in [0.15, 0.2) is 0 Å². The van der Waals surface area contributed by atoms with Gasteiger partial charge in [-0.3, -0.25) is 9.59 Å². The summed E-state index contributed by atoms with van der Waals surface area (Å²) >= 11 is 2.79. The molecule has 1 fully saturated rings. The highest BCUT2D eigenvalue weighted by Gasteiger charge is 2.23. The molecule has 146 valence electrons. The highest BCUT2D eigenvalue weighted by atomic mass is 32.1. The lowest BCUT2D eigenvalue weighted by Gasteiger charge is -2.35. The molecule has 2 aromatic heterocycles. The van der Waals surface area contributed by atoms with Crippen LogP contribution in [-0.2, 0) is 9.59 Å². The third-order valence-electron chi connectivity index (χ3n) is 4.69. The molecule has 3 aromatic rings. The van der Waals surface area contributed by atoms with E-state index in [2.05, 4.69) is 36.9 Å². The second-order valence-corrected chi connectivity index (χ2v) is 8.15. The lowest BCUT2D eigenvalue weighted by Crippen LogP contribution is -2.48. The van der Waals surface area contributed by atoms with Gasteiger partial charge in [-0.05, 0) is 30.1 Å². The normalized spacial score (nSPS) is 14.4. The maximum absolute atomic E-state index is 12.4. The van der Waals surface area contributed by atoms with Crippen molar-refractivity contribution in [1.29, 1.82) is 0 Å². The van der Waals surface area contributed by atoms with Crippen molar-refractivity contribution in [2.75, 3.05) is 36.4 Å². The van der Waals surface area contributed by atoms with Gasteiger partial charge in [0, 0.05) is 44.4 Å². The number of nitrogens with one attached hydrogen (secondary N) is 1. The van der Waals surface area contributed by atoms with E-state index in [1.807, 2.05) is 17.0 Å². The Bertz CT molecular complexity index is 950. The number of nitrogens with zero attached hydrogens (tertiary/aromatic N) is 5. The Morgan fingerprint density at radius 1 is 1.11 bits per heavy atom. The molecule has 4 rings (SSSR count). The van der Waals surface area contributed by atoms with Gasteiger partial charge in [-0.25, -0.2) is 0 Å². The first kappa shape index (κ1) is 18.8. The summed E-state index contributed by atoms with van der Waals surface area (Å²) in [4.78, 5) is 28.4. The molecule has 1 saturated heterocycles. The molecule has 0 unspecified atom stereocenters. The van der Waals surface area contributed by atoms with E-state index in [4.69, 9.17) is 0 Å². The minimum Gasteiger partial charge on any atom is -0.352 e. The number of hydrogen-bond donors (Lipinski definition) is 1. The number of rotatable bonds is 6. The Kier molecular flexibility index (Phi) is 5.77. The van der Waals surface area contributed by atoms with Crippen LogP contribution in [0.5, 0.6) is 0 Å². The van der Waals surface area contributed by atoms with E-state index < -0.39 is 0 Å². The number of aromatic nitrogens is 3. The Morgan fingerprint density at radius 3 is 2.71 bits per heavy atom. The summed E-state index contributed by atoms with van der Waals surface area (Å²) in [6.07, 6.45) is 1.21. The van der Waals surface area contributed by atoms with Crippen molar-refractivity contribution in [3.8, 4) is 0 Å². The number of fused-ring (bicyclic) bond motifs is 1. The van der Waals surface area contributed by atoms with Crippen molar-refractivity contribution in [2.24, 2.45) is 0 Å². The van der Waals surface area contributed by atoms with E-state index in [-0.39, 0.29) is 11.8 Å². The predicted molar refractivity (Wildman–Crippen MR) is 111 cm³/mol. The third-order valence-corrected chi connectivity index (χ3v) is 6.11. The van der Waals surface area contributed by atoms with Gasteiger partial charge in [-0.15, -0.1) is 10.2 Å². The van der Waals surface area contributed by atoms with Crippen molar-refractivity contribution < 1.29 is 9.59 Å². The van der Waals surface area contributed by atoms with E-state index in [9.17, 15) is 9.59 Å². The van der Waals surface area contributed by atoms with Gasteiger partial charge in [0.1, 0.15) is 11.3 Å². The monoisotopic (exact) mass is 416 g/mol. The van der Waals surface area contributed by atoms with Crippen LogP contribution in [0.1, 0.15) is 19.3 Å². The number of carbonyl (C=O) groups excluding carboxylic acids is 2. The quantitative estimate of drug-likeness (QED) is 0.664. The largest absolute Gasteiger partial charge is 0.352 e. The molecule has 10 heteroatoms. The van der Waals surface area contributed by atoms with Crippen LogP contribution < -0.4 is 10.2 Å². The minimum absolute atomic E-state index is 0.103. The minimum atomic E-state index is -0.134. The number of carbonyl (C=O) groups is 2. The van der Waals surface area contributed by atoms with Crippen LogP contribution in [0.3, 0.4) is 0 Å². The number of anilines is 2. The van der Waals surface area contributed by atoms with E-state index in [1.54, 1.807) is 5.51 Å². The summed E-state index contributed by atoms with van der Waals surface area (Å²) < 4.78 is 5.78. The van der Waals surface area contributed by atoms with E-state index >= 15 is 0 Å². The van der Waals surface area contributed by atoms with Gasteiger partial charge in [0.25, 0.3) is 0 Å². The molecule has 0 spiro atoms. The van der Waals surface area contributed by atoms with E-state index in [1.165, 1.54) is 33.0 Å². The summed E-state index contributed by atoms with van der Waals surface area (Å²) in [6, 6.07) is 8.23. The molecule has 0 atom stereocenters. The van der Waals surface area contributed by atoms with Crippen LogP contribution in [0.15, 0.2) is 29.8 Å². The molecule has 8 nitrogen and oxygen atoms in total. The molecule has 2 amide bonds. The van der Waals surface area contributed by atoms with Gasteiger partial charge < -0.3 is 15.1 Å². The fraction of sp³-hybridized carbons (Fsp3) is 0.389. The van der Waals surface area contributed by atoms with Gasteiger partial charge in [0.05, 0.1) is 4.70 Å². The second kappa shape index (κ2) is 8.61. The Morgan fingerprint density at radius 2 is 1.93 bits per heavy atom. The van der Waals surface area contributed by atoms with Crippen LogP contribution >= 0.6 is 22.9 Å². The smallest absolute Gasteiger partial charge is 0.226 e. The number of benzene rings is 1. The van der Waals surface area contributed by atoms with Crippen molar-refractivity contribution in [1.82, 2.24) is 19.5 Å². The molecule has 0 radical (unpaired) electrons. The predicted octanol–water partition coefficient (Wildman–Crippen LogP) is 2.61. The molecular formula is C18H20N6O2S2.